The Labute approximate surface area is 184 Å². The number of nitrogens with one attached hydrogen (secondary N) is 1. The van der Waals surface area contributed by atoms with Crippen molar-refractivity contribution in [3.63, 3.8) is 0 Å². The highest BCUT2D eigenvalue weighted by Crippen LogP contribution is 2.31. The summed E-state index contributed by atoms with van der Waals surface area (Å²) in [4.78, 5) is 12.6. The molecule has 32 heavy (non-hydrogen) atoms. The van der Waals surface area contributed by atoms with Crippen molar-refractivity contribution in [1.29, 1.82) is 0 Å². The van der Waals surface area contributed by atoms with Crippen LogP contribution in [0.2, 0.25) is 0 Å². The second-order valence-corrected chi connectivity index (χ2v) is 7.30. The zero-order valence-corrected chi connectivity index (χ0v) is 18.2. The van der Waals surface area contributed by atoms with Crippen LogP contribution in [0.5, 0.6) is 11.5 Å². The topological polar surface area (TPSA) is 65.4 Å². The summed E-state index contributed by atoms with van der Waals surface area (Å²) in [6.45, 7) is 3.55. The van der Waals surface area contributed by atoms with Crippen LogP contribution < -0.4 is 14.8 Å². The summed E-state index contributed by atoms with van der Waals surface area (Å²) in [5, 5.41) is 7.14. The highest BCUT2D eigenvalue weighted by atomic mass is 19.4. The molecule has 3 aromatic rings. The summed E-state index contributed by atoms with van der Waals surface area (Å²) in [5.41, 5.74) is 1.66. The molecule has 3 rings (SSSR count). The second kappa shape index (κ2) is 9.33. The number of methoxy groups -OCH3 is 2. The third-order valence-electron chi connectivity index (χ3n) is 5.12. The van der Waals surface area contributed by atoms with E-state index in [0.717, 1.165) is 17.7 Å². The number of nitrogens with zero attached hydrogens (tertiary/aromatic N) is 2. The number of benzene rings is 2. The maximum absolute atomic E-state index is 13.0. The van der Waals surface area contributed by atoms with Crippen LogP contribution in [0, 0.1) is 6.92 Å². The third-order valence-corrected chi connectivity index (χ3v) is 5.12. The van der Waals surface area contributed by atoms with Crippen molar-refractivity contribution in [3.8, 4) is 17.2 Å². The van der Waals surface area contributed by atoms with Gasteiger partial charge in [0.25, 0.3) is 0 Å². The smallest absolute Gasteiger partial charge is 0.416 e. The van der Waals surface area contributed by atoms with Crippen LogP contribution >= 0.6 is 0 Å². The number of ether oxygens (including phenoxy) is 2. The fourth-order valence-corrected chi connectivity index (χ4v) is 3.47. The highest BCUT2D eigenvalue weighted by Gasteiger charge is 2.30. The molecule has 1 amide bonds. The van der Waals surface area contributed by atoms with Gasteiger partial charge in [0, 0.05) is 11.3 Å². The van der Waals surface area contributed by atoms with Crippen molar-refractivity contribution in [2.45, 2.75) is 32.5 Å². The van der Waals surface area contributed by atoms with E-state index >= 15 is 0 Å². The number of amides is 1. The molecular weight excluding hydrogens is 423 g/mol. The Balaban J connectivity index is 1.73. The molecule has 0 unspecified atom stereocenters. The van der Waals surface area contributed by atoms with E-state index in [0.29, 0.717) is 28.4 Å². The SMILES string of the molecule is COc1ccc(CC(=O)N[C@@H](C)c2cnn(-c3cccc(C(F)(F)F)c3)c2C)cc1OC. The first-order valence-corrected chi connectivity index (χ1v) is 9.86. The number of halogens is 3. The molecule has 1 N–H and O–H groups in total. The summed E-state index contributed by atoms with van der Waals surface area (Å²) in [5.74, 6) is 0.891. The van der Waals surface area contributed by atoms with Gasteiger partial charge in [0.2, 0.25) is 5.91 Å². The minimum absolute atomic E-state index is 0.130. The minimum atomic E-state index is -4.44. The zero-order chi connectivity index (χ0) is 23.5. The number of carbonyl (C=O) groups excluding carboxylic acids is 1. The maximum atomic E-state index is 13.0. The molecule has 0 spiro atoms. The fourth-order valence-electron chi connectivity index (χ4n) is 3.47. The molecule has 2 aromatic carbocycles. The van der Waals surface area contributed by atoms with Gasteiger partial charge in [-0.05, 0) is 49.7 Å². The van der Waals surface area contributed by atoms with E-state index in [1.807, 2.05) is 0 Å². The number of rotatable bonds is 7. The lowest BCUT2D eigenvalue weighted by Gasteiger charge is -2.15. The van der Waals surface area contributed by atoms with Gasteiger partial charge < -0.3 is 14.8 Å². The molecule has 0 fully saturated rings. The standard InChI is InChI=1S/C23H24F3N3O3/c1-14(28-22(30)11-16-8-9-20(31-3)21(10-16)32-4)19-13-27-29(15(19)2)18-7-5-6-17(12-18)23(24,25)26/h5-10,12-14H,11H2,1-4H3,(H,28,30)/t14-/m0/s1. The average Bonchev–Trinajstić information content (AvgIpc) is 3.14. The molecule has 1 atom stereocenters. The van der Waals surface area contributed by atoms with Gasteiger partial charge in [-0.3, -0.25) is 4.79 Å². The lowest BCUT2D eigenvalue weighted by Crippen LogP contribution is -2.28. The van der Waals surface area contributed by atoms with Crippen LogP contribution in [0.1, 0.15) is 35.3 Å². The van der Waals surface area contributed by atoms with Crippen LogP contribution in [0.25, 0.3) is 5.69 Å². The third kappa shape index (κ3) is 5.04. The van der Waals surface area contributed by atoms with Crippen molar-refractivity contribution >= 4 is 5.91 Å². The van der Waals surface area contributed by atoms with Crippen LogP contribution in [-0.4, -0.2) is 29.9 Å². The van der Waals surface area contributed by atoms with Gasteiger partial charge in [-0.15, -0.1) is 0 Å². The van der Waals surface area contributed by atoms with E-state index in [1.165, 1.54) is 25.0 Å². The maximum Gasteiger partial charge on any atom is 0.416 e. The van der Waals surface area contributed by atoms with Crippen LogP contribution in [0.15, 0.2) is 48.7 Å². The summed E-state index contributed by atoms with van der Waals surface area (Å²) in [6, 6.07) is 9.82. The Morgan fingerprint density at radius 1 is 1.12 bits per heavy atom. The molecule has 0 aliphatic carbocycles. The zero-order valence-electron chi connectivity index (χ0n) is 18.2. The van der Waals surface area contributed by atoms with Gasteiger partial charge in [-0.1, -0.05) is 12.1 Å². The summed E-state index contributed by atoms with van der Waals surface area (Å²) in [7, 11) is 3.06. The molecule has 170 valence electrons. The number of hydrogen-bond acceptors (Lipinski definition) is 4. The van der Waals surface area contributed by atoms with E-state index in [2.05, 4.69) is 10.4 Å². The summed E-state index contributed by atoms with van der Waals surface area (Å²) in [6.07, 6.45) is -2.76. The number of aromatic nitrogens is 2. The molecule has 0 radical (unpaired) electrons. The molecule has 0 saturated heterocycles. The van der Waals surface area contributed by atoms with E-state index < -0.39 is 11.7 Å². The molecule has 1 heterocycles. The quantitative estimate of drug-likeness (QED) is 0.573. The van der Waals surface area contributed by atoms with Gasteiger partial charge in [0.15, 0.2) is 11.5 Å². The van der Waals surface area contributed by atoms with Crippen LogP contribution in [0.4, 0.5) is 13.2 Å². The van der Waals surface area contributed by atoms with Gasteiger partial charge in [0.1, 0.15) is 0 Å². The predicted octanol–water partition coefficient (Wildman–Crippen LogP) is 4.64. The molecular formula is C23H24F3N3O3. The second-order valence-electron chi connectivity index (χ2n) is 7.30. The summed E-state index contributed by atoms with van der Waals surface area (Å²) >= 11 is 0. The Kier molecular flexibility index (Phi) is 6.76. The first-order chi connectivity index (χ1) is 15.1. The number of alkyl halides is 3. The molecule has 9 heteroatoms. The first-order valence-electron chi connectivity index (χ1n) is 9.86. The Morgan fingerprint density at radius 3 is 2.50 bits per heavy atom. The van der Waals surface area contributed by atoms with Gasteiger partial charge in [-0.2, -0.15) is 18.3 Å². The molecule has 6 nitrogen and oxygen atoms in total. The first kappa shape index (κ1) is 23.2. The predicted molar refractivity (Wildman–Crippen MR) is 113 cm³/mol. The Hall–Kier alpha value is -3.49. The van der Waals surface area contributed by atoms with E-state index in [1.54, 1.807) is 44.3 Å². The van der Waals surface area contributed by atoms with Crippen molar-refractivity contribution in [2.24, 2.45) is 0 Å². The van der Waals surface area contributed by atoms with E-state index in [-0.39, 0.29) is 18.4 Å². The molecule has 0 aliphatic rings. The van der Waals surface area contributed by atoms with Crippen LogP contribution in [-0.2, 0) is 17.4 Å². The molecule has 0 bridgehead atoms. The van der Waals surface area contributed by atoms with Crippen LogP contribution in [0.3, 0.4) is 0 Å². The minimum Gasteiger partial charge on any atom is -0.493 e. The number of hydrogen-bond donors (Lipinski definition) is 1. The average molecular weight is 447 g/mol. The van der Waals surface area contributed by atoms with Gasteiger partial charge >= 0.3 is 6.18 Å². The summed E-state index contributed by atoms with van der Waals surface area (Å²) < 4.78 is 51.0. The van der Waals surface area contributed by atoms with Crippen molar-refractivity contribution in [3.05, 3.63) is 71.0 Å². The molecule has 1 aromatic heterocycles. The van der Waals surface area contributed by atoms with E-state index in [9.17, 15) is 18.0 Å². The molecule has 0 aliphatic heterocycles. The number of carbonyl (C=O) groups is 1. The molecule has 0 saturated carbocycles. The van der Waals surface area contributed by atoms with Crippen molar-refractivity contribution in [2.75, 3.05) is 14.2 Å². The monoisotopic (exact) mass is 447 g/mol. The fraction of sp³-hybridized carbons (Fsp3) is 0.304. The largest absolute Gasteiger partial charge is 0.493 e. The van der Waals surface area contributed by atoms with Gasteiger partial charge in [-0.25, -0.2) is 4.68 Å². The van der Waals surface area contributed by atoms with Crippen molar-refractivity contribution < 1.29 is 27.4 Å². The van der Waals surface area contributed by atoms with E-state index in [4.69, 9.17) is 9.47 Å². The normalized spacial score (nSPS) is 12.3. The van der Waals surface area contributed by atoms with Gasteiger partial charge in [0.05, 0.1) is 44.1 Å². The Bertz CT molecular complexity index is 1110. The highest BCUT2D eigenvalue weighted by molar-refractivity contribution is 5.79. The van der Waals surface area contributed by atoms with Crippen molar-refractivity contribution in [1.82, 2.24) is 15.1 Å². The Morgan fingerprint density at radius 2 is 1.84 bits per heavy atom. The lowest BCUT2D eigenvalue weighted by molar-refractivity contribution is -0.137. The lowest BCUT2D eigenvalue weighted by atomic mass is 10.1.